The summed E-state index contributed by atoms with van der Waals surface area (Å²) in [5.74, 6) is 2.38. The van der Waals surface area contributed by atoms with E-state index in [1.807, 2.05) is 34.6 Å². The Bertz CT molecular complexity index is 459. The number of rotatable bonds is 7. The van der Waals surface area contributed by atoms with E-state index in [0.29, 0.717) is 18.8 Å². The first kappa shape index (κ1) is 16.2. The van der Waals surface area contributed by atoms with Crippen LogP contribution < -0.4 is 16.0 Å². The predicted octanol–water partition coefficient (Wildman–Crippen LogP) is 1.85. The third-order valence-electron chi connectivity index (χ3n) is 2.70. The van der Waals surface area contributed by atoms with Crippen LogP contribution in [-0.4, -0.2) is 35.0 Å². The van der Waals surface area contributed by atoms with E-state index in [1.165, 1.54) is 0 Å². The summed E-state index contributed by atoms with van der Waals surface area (Å²) in [6.45, 7) is 11.1. The van der Waals surface area contributed by atoms with E-state index in [4.69, 9.17) is 0 Å². The van der Waals surface area contributed by atoms with Gasteiger partial charge in [-0.25, -0.2) is 9.97 Å². The number of aryl methyl sites for hydroxylation is 1. The number of aromatic nitrogens is 2. The van der Waals surface area contributed by atoms with Crippen molar-refractivity contribution in [3.63, 3.8) is 0 Å². The number of hydrogen-bond acceptors (Lipinski definition) is 5. The maximum Gasteiger partial charge on any atom is 0.221 e. The highest BCUT2D eigenvalue weighted by Crippen LogP contribution is 2.19. The van der Waals surface area contributed by atoms with Gasteiger partial charge in [0.2, 0.25) is 5.91 Å². The fourth-order valence-electron chi connectivity index (χ4n) is 1.83. The van der Waals surface area contributed by atoms with Crippen LogP contribution in [0.2, 0.25) is 0 Å². The maximum absolute atomic E-state index is 11.6. The smallest absolute Gasteiger partial charge is 0.221 e. The Kier molecular flexibility index (Phi) is 6.21. The molecule has 20 heavy (non-hydrogen) atoms. The molecule has 0 aliphatic rings. The number of anilines is 2. The Morgan fingerprint density at radius 1 is 1.15 bits per heavy atom. The lowest BCUT2D eigenvalue weighted by Gasteiger charge is -2.14. The van der Waals surface area contributed by atoms with E-state index < -0.39 is 0 Å². The molecule has 0 spiro atoms. The molecular formula is C14H25N5O. The summed E-state index contributed by atoms with van der Waals surface area (Å²) >= 11 is 0. The third kappa shape index (κ3) is 5.03. The molecule has 0 bridgehead atoms. The summed E-state index contributed by atoms with van der Waals surface area (Å²) in [4.78, 5) is 20.3. The van der Waals surface area contributed by atoms with Crippen molar-refractivity contribution < 1.29 is 4.79 Å². The highest BCUT2D eigenvalue weighted by Gasteiger charge is 2.09. The van der Waals surface area contributed by atoms with Gasteiger partial charge in [-0.05, 0) is 34.6 Å². The highest BCUT2D eigenvalue weighted by atomic mass is 16.1. The number of nitrogens with one attached hydrogen (secondary N) is 3. The molecule has 112 valence electrons. The summed E-state index contributed by atoms with van der Waals surface area (Å²) in [7, 11) is 0. The molecule has 0 aliphatic carbocycles. The quantitative estimate of drug-likeness (QED) is 0.710. The van der Waals surface area contributed by atoms with E-state index in [0.717, 1.165) is 23.7 Å². The van der Waals surface area contributed by atoms with Crippen LogP contribution >= 0.6 is 0 Å². The fraction of sp³-hybridized carbons (Fsp3) is 0.643. The van der Waals surface area contributed by atoms with Crippen LogP contribution in [0.15, 0.2) is 0 Å². The van der Waals surface area contributed by atoms with E-state index in [-0.39, 0.29) is 11.9 Å². The normalized spacial score (nSPS) is 10.5. The van der Waals surface area contributed by atoms with Gasteiger partial charge < -0.3 is 16.0 Å². The number of carbonyl (C=O) groups is 1. The molecule has 1 heterocycles. The second kappa shape index (κ2) is 7.67. The minimum Gasteiger partial charge on any atom is -0.370 e. The first-order chi connectivity index (χ1) is 9.43. The van der Waals surface area contributed by atoms with Crippen molar-refractivity contribution in [3.05, 3.63) is 11.4 Å². The van der Waals surface area contributed by atoms with Crippen molar-refractivity contribution in [3.8, 4) is 0 Å². The van der Waals surface area contributed by atoms with Crippen molar-refractivity contribution in [1.29, 1.82) is 0 Å². The minimum absolute atomic E-state index is 0.0443. The van der Waals surface area contributed by atoms with Crippen molar-refractivity contribution in [2.75, 3.05) is 23.7 Å². The molecule has 0 aromatic carbocycles. The molecule has 0 aliphatic heterocycles. The lowest BCUT2D eigenvalue weighted by molar-refractivity contribution is -0.121. The summed E-state index contributed by atoms with van der Waals surface area (Å²) in [6.07, 6.45) is 0.428. The van der Waals surface area contributed by atoms with Gasteiger partial charge in [-0.15, -0.1) is 0 Å². The van der Waals surface area contributed by atoms with Gasteiger partial charge in [0.1, 0.15) is 17.5 Å². The minimum atomic E-state index is 0.0443. The van der Waals surface area contributed by atoms with Gasteiger partial charge >= 0.3 is 0 Å². The lowest BCUT2D eigenvalue weighted by Crippen LogP contribution is -2.31. The van der Waals surface area contributed by atoms with Crippen molar-refractivity contribution in [2.24, 2.45) is 0 Å². The molecule has 0 unspecified atom stereocenters. The van der Waals surface area contributed by atoms with Crippen molar-refractivity contribution in [2.45, 2.75) is 47.1 Å². The summed E-state index contributed by atoms with van der Waals surface area (Å²) in [6, 6.07) is 0.172. The monoisotopic (exact) mass is 279 g/mol. The van der Waals surface area contributed by atoms with Crippen LogP contribution in [0.1, 0.15) is 38.6 Å². The molecule has 0 saturated heterocycles. The zero-order valence-electron chi connectivity index (χ0n) is 13.0. The van der Waals surface area contributed by atoms with Crippen LogP contribution in [0.5, 0.6) is 0 Å². The van der Waals surface area contributed by atoms with Gasteiger partial charge in [0.25, 0.3) is 0 Å². The molecule has 0 fully saturated rings. The summed E-state index contributed by atoms with van der Waals surface area (Å²) in [5.41, 5.74) is 0.974. The molecule has 6 heteroatoms. The molecule has 1 aromatic rings. The zero-order chi connectivity index (χ0) is 15.1. The fourth-order valence-corrected chi connectivity index (χ4v) is 1.83. The first-order valence-corrected chi connectivity index (χ1v) is 7.06. The lowest BCUT2D eigenvalue weighted by atomic mass is 10.3. The molecule has 0 radical (unpaired) electrons. The van der Waals surface area contributed by atoms with Crippen LogP contribution in [0.3, 0.4) is 0 Å². The van der Waals surface area contributed by atoms with Gasteiger partial charge in [0, 0.05) is 31.1 Å². The Morgan fingerprint density at radius 2 is 1.75 bits per heavy atom. The number of hydrogen-bond donors (Lipinski definition) is 3. The number of carbonyl (C=O) groups excluding carboxylic acids is 1. The highest BCUT2D eigenvalue weighted by molar-refractivity contribution is 5.76. The SMILES string of the molecule is CCNc1nc(C)nc(NCCC(=O)NC(C)C)c1C. The second-order valence-corrected chi connectivity index (χ2v) is 5.02. The molecule has 6 nitrogen and oxygen atoms in total. The van der Waals surface area contributed by atoms with Gasteiger partial charge in [-0.3, -0.25) is 4.79 Å². The average molecular weight is 279 g/mol. The van der Waals surface area contributed by atoms with Crippen LogP contribution in [0.4, 0.5) is 11.6 Å². The average Bonchev–Trinajstić information content (AvgIpc) is 2.34. The van der Waals surface area contributed by atoms with Crippen molar-refractivity contribution in [1.82, 2.24) is 15.3 Å². The number of amides is 1. The van der Waals surface area contributed by atoms with Crippen LogP contribution in [0.25, 0.3) is 0 Å². The Morgan fingerprint density at radius 3 is 2.30 bits per heavy atom. The predicted molar refractivity (Wildman–Crippen MR) is 82.1 cm³/mol. The van der Waals surface area contributed by atoms with Gasteiger partial charge in [-0.1, -0.05) is 0 Å². The van der Waals surface area contributed by atoms with Gasteiger partial charge in [0.15, 0.2) is 0 Å². The van der Waals surface area contributed by atoms with Crippen LogP contribution in [0, 0.1) is 13.8 Å². The Balaban J connectivity index is 2.61. The molecule has 1 amide bonds. The molecule has 0 saturated carbocycles. The second-order valence-electron chi connectivity index (χ2n) is 5.02. The molecule has 0 atom stereocenters. The maximum atomic E-state index is 11.6. The van der Waals surface area contributed by atoms with Crippen LogP contribution in [-0.2, 0) is 4.79 Å². The van der Waals surface area contributed by atoms with Gasteiger partial charge in [0.05, 0.1) is 0 Å². The van der Waals surface area contributed by atoms with E-state index in [2.05, 4.69) is 25.9 Å². The topological polar surface area (TPSA) is 78.9 Å². The Hall–Kier alpha value is -1.85. The Labute approximate surface area is 120 Å². The molecule has 1 aromatic heterocycles. The van der Waals surface area contributed by atoms with Gasteiger partial charge in [-0.2, -0.15) is 0 Å². The largest absolute Gasteiger partial charge is 0.370 e. The zero-order valence-corrected chi connectivity index (χ0v) is 13.0. The molecule has 1 rings (SSSR count). The number of nitrogens with zero attached hydrogens (tertiary/aromatic N) is 2. The van der Waals surface area contributed by atoms with Crippen molar-refractivity contribution >= 4 is 17.5 Å². The first-order valence-electron chi connectivity index (χ1n) is 7.06. The molecule has 3 N–H and O–H groups in total. The van der Waals surface area contributed by atoms with E-state index >= 15 is 0 Å². The summed E-state index contributed by atoms with van der Waals surface area (Å²) in [5, 5.41) is 9.28. The third-order valence-corrected chi connectivity index (χ3v) is 2.70. The van der Waals surface area contributed by atoms with E-state index in [9.17, 15) is 4.79 Å². The standard InChI is InChI=1S/C14H25N5O/c1-6-15-13-10(4)14(19-11(5)18-13)16-8-7-12(20)17-9(2)3/h9H,6-8H2,1-5H3,(H,17,20)(H2,15,16,18,19). The van der Waals surface area contributed by atoms with E-state index in [1.54, 1.807) is 0 Å². The molecular weight excluding hydrogens is 254 g/mol. The summed E-state index contributed by atoms with van der Waals surface area (Å²) < 4.78 is 0.